The van der Waals surface area contributed by atoms with Gasteiger partial charge in [-0.1, -0.05) is 6.07 Å². The predicted molar refractivity (Wildman–Crippen MR) is 55.3 cm³/mol. The number of carbonyl (C=O) groups excluding carboxylic acids is 1. The molecular weight excluding hydrogens is 213 g/mol. The minimum atomic E-state index is -2.15. The fraction of sp³-hybridized carbons (Fsp3) is 0.455. The zero-order valence-electron chi connectivity index (χ0n) is 9.18. The van der Waals surface area contributed by atoms with Crippen molar-refractivity contribution in [1.29, 1.82) is 0 Å². The Balaban J connectivity index is 2.89. The number of esters is 1. The molecule has 0 aliphatic carbocycles. The van der Waals surface area contributed by atoms with E-state index in [9.17, 15) is 14.3 Å². The van der Waals surface area contributed by atoms with Gasteiger partial charge in [0.15, 0.2) is 0 Å². The van der Waals surface area contributed by atoms with Crippen LogP contribution in [-0.2, 0) is 15.1 Å². The van der Waals surface area contributed by atoms with Gasteiger partial charge in [0, 0.05) is 6.20 Å². The van der Waals surface area contributed by atoms with Crippen molar-refractivity contribution >= 4 is 5.97 Å². The highest BCUT2D eigenvalue weighted by atomic mass is 19.1. The molecule has 5 heteroatoms. The number of pyridine rings is 1. The van der Waals surface area contributed by atoms with Gasteiger partial charge in [-0.05, 0) is 26.0 Å². The number of hydrogen-bond acceptors (Lipinski definition) is 4. The van der Waals surface area contributed by atoms with E-state index in [4.69, 9.17) is 0 Å². The molecule has 0 aliphatic rings. The number of aromatic nitrogens is 1. The second-order valence-corrected chi connectivity index (χ2v) is 3.48. The standard InChI is InChI=1S/C11H14FNO3/c1-3-16-10(14)9(12)11(2,15)8-6-4-5-7-13-8/h4-7,9,15H,3H2,1-2H3. The lowest BCUT2D eigenvalue weighted by atomic mass is 9.95. The van der Waals surface area contributed by atoms with E-state index in [1.165, 1.54) is 19.2 Å². The number of nitrogens with zero attached hydrogens (tertiary/aromatic N) is 1. The predicted octanol–water partition coefficient (Wildman–Crippen LogP) is 1.19. The maximum atomic E-state index is 13.7. The van der Waals surface area contributed by atoms with Crippen molar-refractivity contribution in [3.05, 3.63) is 30.1 Å². The number of aliphatic hydroxyl groups is 1. The lowest BCUT2D eigenvalue weighted by Gasteiger charge is -2.24. The smallest absolute Gasteiger partial charge is 0.344 e. The maximum Gasteiger partial charge on any atom is 0.344 e. The summed E-state index contributed by atoms with van der Waals surface area (Å²) in [6, 6.07) is 4.69. The summed E-state index contributed by atoms with van der Waals surface area (Å²) in [6.07, 6.45) is -0.732. The first-order chi connectivity index (χ1) is 7.50. The maximum absolute atomic E-state index is 13.7. The molecule has 1 N–H and O–H groups in total. The van der Waals surface area contributed by atoms with E-state index in [-0.39, 0.29) is 12.3 Å². The van der Waals surface area contributed by atoms with E-state index in [0.29, 0.717) is 0 Å². The number of hydrogen-bond donors (Lipinski definition) is 1. The Hall–Kier alpha value is -1.49. The van der Waals surface area contributed by atoms with Crippen molar-refractivity contribution in [1.82, 2.24) is 4.98 Å². The number of rotatable bonds is 4. The molecular formula is C11H14FNO3. The summed E-state index contributed by atoms with van der Waals surface area (Å²) < 4.78 is 18.2. The van der Waals surface area contributed by atoms with Crippen molar-refractivity contribution in [2.75, 3.05) is 6.61 Å². The Kier molecular flexibility index (Phi) is 3.95. The van der Waals surface area contributed by atoms with Crippen molar-refractivity contribution in [3.63, 3.8) is 0 Å². The van der Waals surface area contributed by atoms with Gasteiger partial charge in [0.05, 0.1) is 12.3 Å². The zero-order valence-corrected chi connectivity index (χ0v) is 9.18. The van der Waals surface area contributed by atoms with Crippen molar-refractivity contribution in [3.8, 4) is 0 Å². The Morgan fingerprint density at radius 2 is 2.38 bits per heavy atom. The molecule has 0 saturated carbocycles. The molecule has 4 nitrogen and oxygen atoms in total. The van der Waals surface area contributed by atoms with Crippen LogP contribution in [0.3, 0.4) is 0 Å². The molecule has 0 saturated heterocycles. The number of alkyl halides is 1. The van der Waals surface area contributed by atoms with Crippen LogP contribution in [0.4, 0.5) is 4.39 Å². The second kappa shape index (κ2) is 5.03. The van der Waals surface area contributed by atoms with E-state index in [1.807, 2.05) is 0 Å². The highest BCUT2D eigenvalue weighted by Crippen LogP contribution is 2.25. The third-order valence-electron chi connectivity index (χ3n) is 2.17. The van der Waals surface area contributed by atoms with E-state index < -0.39 is 17.7 Å². The summed E-state index contributed by atoms with van der Waals surface area (Å²) in [7, 11) is 0. The summed E-state index contributed by atoms with van der Waals surface area (Å²) in [4.78, 5) is 15.0. The monoisotopic (exact) mass is 227 g/mol. The number of ether oxygens (including phenoxy) is 1. The fourth-order valence-corrected chi connectivity index (χ4v) is 1.24. The molecule has 1 aromatic rings. The summed E-state index contributed by atoms with van der Waals surface area (Å²) in [6.45, 7) is 2.83. The van der Waals surface area contributed by atoms with Crippen molar-refractivity contribution in [2.45, 2.75) is 25.6 Å². The lowest BCUT2D eigenvalue weighted by molar-refractivity contribution is -0.160. The third-order valence-corrected chi connectivity index (χ3v) is 2.17. The van der Waals surface area contributed by atoms with Crippen LogP contribution in [0.15, 0.2) is 24.4 Å². The molecule has 1 rings (SSSR count). The van der Waals surface area contributed by atoms with Gasteiger partial charge in [-0.15, -0.1) is 0 Å². The minimum absolute atomic E-state index is 0.0670. The number of halogens is 1. The van der Waals surface area contributed by atoms with Crippen LogP contribution in [0.25, 0.3) is 0 Å². The van der Waals surface area contributed by atoms with Crippen LogP contribution in [0.1, 0.15) is 19.5 Å². The normalized spacial score (nSPS) is 16.2. The van der Waals surface area contributed by atoms with Gasteiger partial charge in [-0.2, -0.15) is 0 Å². The van der Waals surface area contributed by atoms with Gasteiger partial charge < -0.3 is 9.84 Å². The second-order valence-electron chi connectivity index (χ2n) is 3.48. The first-order valence-corrected chi connectivity index (χ1v) is 4.94. The molecule has 0 fully saturated rings. The quantitative estimate of drug-likeness (QED) is 0.785. The van der Waals surface area contributed by atoms with Gasteiger partial charge in [0.2, 0.25) is 6.17 Å². The van der Waals surface area contributed by atoms with Gasteiger partial charge in [0.25, 0.3) is 0 Å². The molecule has 0 radical (unpaired) electrons. The molecule has 0 spiro atoms. The Labute approximate surface area is 93.1 Å². The van der Waals surface area contributed by atoms with Crippen LogP contribution in [0.5, 0.6) is 0 Å². The first-order valence-electron chi connectivity index (χ1n) is 4.94. The van der Waals surface area contributed by atoms with Crippen molar-refractivity contribution < 1.29 is 19.0 Å². The molecule has 88 valence electrons. The molecule has 2 atom stereocenters. The molecule has 0 amide bonds. The van der Waals surface area contributed by atoms with Gasteiger partial charge >= 0.3 is 5.97 Å². The molecule has 1 aromatic heterocycles. The largest absolute Gasteiger partial charge is 0.464 e. The van der Waals surface area contributed by atoms with Crippen LogP contribution < -0.4 is 0 Å². The Bertz CT molecular complexity index is 354. The molecule has 0 bridgehead atoms. The van der Waals surface area contributed by atoms with Gasteiger partial charge in [0.1, 0.15) is 5.60 Å². The fourth-order valence-electron chi connectivity index (χ4n) is 1.24. The number of carbonyl (C=O) groups is 1. The van der Waals surface area contributed by atoms with E-state index in [2.05, 4.69) is 9.72 Å². The molecule has 2 unspecified atom stereocenters. The van der Waals surface area contributed by atoms with E-state index in [1.54, 1.807) is 19.1 Å². The zero-order chi connectivity index (χ0) is 12.2. The summed E-state index contributed by atoms with van der Waals surface area (Å²) in [5.41, 5.74) is -1.89. The average Bonchev–Trinajstić information content (AvgIpc) is 2.29. The average molecular weight is 227 g/mol. The molecule has 0 aliphatic heterocycles. The topological polar surface area (TPSA) is 59.4 Å². The SMILES string of the molecule is CCOC(=O)C(F)C(C)(O)c1ccccn1. The highest BCUT2D eigenvalue weighted by molar-refractivity contribution is 5.76. The van der Waals surface area contributed by atoms with Crippen LogP contribution in [0.2, 0.25) is 0 Å². The van der Waals surface area contributed by atoms with E-state index >= 15 is 0 Å². The molecule has 16 heavy (non-hydrogen) atoms. The Morgan fingerprint density at radius 1 is 1.69 bits per heavy atom. The first kappa shape index (κ1) is 12.6. The molecule has 1 heterocycles. The molecule has 0 aromatic carbocycles. The van der Waals surface area contributed by atoms with Crippen LogP contribution in [-0.4, -0.2) is 28.8 Å². The van der Waals surface area contributed by atoms with Gasteiger partial charge in [-0.25, -0.2) is 9.18 Å². The third kappa shape index (κ3) is 2.55. The van der Waals surface area contributed by atoms with Gasteiger partial charge in [-0.3, -0.25) is 4.98 Å². The summed E-state index contributed by atoms with van der Waals surface area (Å²) in [5.74, 6) is -1.09. The highest BCUT2D eigenvalue weighted by Gasteiger charge is 2.41. The summed E-state index contributed by atoms with van der Waals surface area (Å²) >= 11 is 0. The lowest BCUT2D eigenvalue weighted by Crippen LogP contribution is -2.40. The van der Waals surface area contributed by atoms with Crippen LogP contribution in [0, 0.1) is 0 Å². The summed E-state index contributed by atoms with van der Waals surface area (Å²) in [5, 5.41) is 9.91. The Morgan fingerprint density at radius 3 is 2.88 bits per heavy atom. The minimum Gasteiger partial charge on any atom is -0.464 e. The van der Waals surface area contributed by atoms with E-state index in [0.717, 1.165) is 0 Å². The van der Waals surface area contributed by atoms with Crippen LogP contribution >= 0.6 is 0 Å². The van der Waals surface area contributed by atoms with Crippen molar-refractivity contribution in [2.24, 2.45) is 0 Å².